The van der Waals surface area contributed by atoms with Crippen LogP contribution >= 0.6 is 63.7 Å². The molecule has 71 heavy (non-hydrogen) atoms. The van der Waals surface area contributed by atoms with Gasteiger partial charge in [-0.25, -0.2) is 0 Å². The highest BCUT2D eigenvalue weighted by atomic mass is 79.9. The molecule has 8 aromatic rings. The quantitative estimate of drug-likeness (QED) is 0.0624. The fourth-order valence-corrected chi connectivity index (χ4v) is 11.9. The maximum absolute atomic E-state index is 3.65. The second-order valence-corrected chi connectivity index (χ2v) is 23.0. The van der Waals surface area contributed by atoms with Crippen LogP contribution in [0.1, 0.15) is 115 Å². The van der Waals surface area contributed by atoms with Crippen molar-refractivity contribution in [2.45, 2.75) is 109 Å². The highest BCUT2D eigenvalue weighted by Gasteiger charge is 2.42. The minimum absolute atomic E-state index is 0.0635. The predicted octanol–water partition coefficient (Wildman–Crippen LogP) is 22.8. The van der Waals surface area contributed by atoms with E-state index in [9.17, 15) is 0 Å². The number of nitrogens with zero attached hydrogens (tertiary/aromatic N) is 2. The minimum Gasteiger partial charge on any atom is -0.311 e. The second kappa shape index (κ2) is 24.3. The molecule has 0 aromatic heterocycles. The van der Waals surface area contributed by atoms with Crippen molar-refractivity contribution in [3.63, 3.8) is 0 Å². The summed E-state index contributed by atoms with van der Waals surface area (Å²) in [5.41, 5.74) is 17.6. The molecule has 0 fully saturated rings. The van der Waals surface area contributed by atoms with Crippen LogP contribution in [-0.4, -0.2) is 0 Å². The van der Waals surface area contributed by atoms with E-state index in [2.05, 4.69) is 269 Å². The molecule has 0 amide bonds. The minimum atomic E-state index is -0.0635. The van der Waals surface area contributed by atoms with Gasteiger partial charge in [0.2, 0.25) is 0 Å². The van der Waals surface area contributed by atoms with Gasteiger partial charge in [-0.15, -0.1) is 0 Å². The molecule has 0 aliphatic heterocycles. The van der Waals surface area contributed by atoms with Crippen molar-refractivity contribution in [1.29, 1.82) is 0 Å². The molecular formula is C65H64Br4N2. The van der Waals surface area contributed by atoms with E-state index in [1.54, 1.807) is 0 Å². The SMILES string of the molecule is CCCCCCCCC1(CCCCCCCC)c2cc(-c3ccc(N(c4ccc(Br)cc4)c4ccc(Br)cc4)cc3)ccc2-c2ccc(-c3ccc(N(c4ccc(Br)cc4)c4ccc(Br)cc4)cc3)cc21. The Morgan fingerprint density at radius 1 is 0.296 bits per heavy atom. The first-order valence-electron chi connectivity index (χ1n) is 25.9. The third-order valence-corrected chi connectivity index (χ3v) is 16.6. The first-order chi connectivity index (χ1) is 34.7. The van der Waals surface area contributed by atoms with Gasteiger partial charge in [0.25, 0.3) is 0 Å². The molecule has 0 unspecified atom stereocenters. The molecule has 0 bridgehead atoms. The van der Waals surface area contributed by atoms with Crippen LogP contribution < -0.4 is 9.80 Å². The Morgan fingerprint density at radius 2 is 0.549 bits per heavy atom. The lowest BCUT2D eigenvalue weighted by molar-refractivity contribution is 0.398. The van der Waals surface area contributed by atoms with Gasteiger partial charge in [-0.1, -0.05) is 203 Å². The van der Waals surface area contributed by atoms with Crippen molar-refractivity contribution >= 4 is 97.8 Å². The molecule has 0 atom stereocenters. The number of benzene rings is 8. The van der Waals surface area contributed by atoms with E-state index in [1.165, 1.54) is 134 Å². The van der Waals surface area contributed by atoms with Crippen LogP contribution in [0.4, 0.5) is 34.1 Å². The summed E-state index contributed by atoms with van der Waals surface area (Å²) in [5.74, 6) is 0. The summed E-state index contributed by atoms with van der Waals surface area (Å²) in [6.07, 6.45) is 17.9. The Morgan fingerprint density at radius 3 is 0.845 bits per heavy atom. The molecule has 1 aliphatic carbocycles. The maximum Gasteiger partial charge on any atom is 0.0462 e. The average Bonchev–Trinajstić information content (AvgIpc) is 3.66. The van der Waals surface area contributed by atoms with Crippen LogP contribution in [0.25, 0.3) is 33.4 Å². The summed E-state index contributed by atoms with van der Waals surface area (Å²) in [6, 6.07) is 67.6. The van der Waals surface area contributed by atoms with Gasteiger partial charge in [-0.05, 0) is 191 Å². The summed E-state index contributed by atoms with van der Waals surface area (Å²) in [5, 5.41) is 0. The van der Waals surface area contributed by atoms with Crippen molar-refractivity contribution in [3.8, 4) is 33.4 Å². The van der Waals surface area contributed by atoms with Gasteiger partial charge in [0, 0.05) is 57.4 Å². The van der Waals surface area contributed by atoms with E-state index in [0.29, 0.717) is 0 Å². The number of hydrogen-bond acceptors (Lipinski definition) is 2. The molecule has 6 heteroatoms. The Bertz CT molecular complexity index is 2670. The summed E-state index contributed by atoms with van der Waals surface area (Å²) in [4.78, 5) is 4.67. The van der Waals surface area contributed by atoms with Crippen LogP contribution in [0.5, 0.6) is 0 Å². The number of fused-ring (bicyclic) bond motifs is 3. The van der Waals surface area contributed by atoms with Crippen molar-refractivity contribution in [3.05, 3.63) is 211 Å². The Labute approximate surface area is 457 Å². The topological polar surface area (TPSA) is 6.48 Å². The second-order valence-electron chi connectivity index (χ2n) is 19.3. The fraction of sp³-hybridized carbons (Fsp3) is 0.262. The number of hydrogen-bond donors (Lipinski definition) is 0. The van der Waals surface area contributed by atoms with E-state index in [4.69, 9.17) is 0 Å². The lowest BCUT2D eigenvalue weighted by Crippen LogP contribution is -2.25. The molecular weight excluding hydrogens is 1130 g/mol. The van der Waals surface area contributed by atoms with E-state index in [1.807, 2.05) is 0 Å². The molecule has 2 nitrogen and oxygen atoms in total. The third-order valence-electron chi connectivity index (χ3n) is 14.5. The number of anilines is 6. The number of halogens is 4. The Hall–Kier alpha value is -4.72. The van der Waals surface area contributed by atoms with Crippen molar-refractivity contribution in [1.82, 2.24) is 0 Å². The molecule has 0 saturated heterocycles. The predicted molar refractivity (Wildman–Crippen MR) is 320 cm³/mol. The average molecular weight is 1190 g/mol. The summed E-state index contributed by atoms with van der Waals surface area (Å²) < 4.78 is 4.27. The number of rotatable bonds is 22. The first-order valence-corrected chi connectivity index (χ1v) is 29.0. The maximum atomic E-state index is 3.65. The highest BCUT2D eigenvalue weighted by Crippen LogP contribution is 2.56. The van der Waals surface area contributed by atoms with Gasteiger partial charge in [0.05, 0.1) is 0 Å². The van der Waals surface area contributed by atoms with Gasteiger partial charge in [-0.3, -0.25) is 0 Å². The zero-order chi connectivity index (χ0) is 49.2. The van der Waals surface area contributed by atoms with Crippen LogP contribution in [0.2, 0.25) is 0 Å². The standard InChI is InChI=1S/C65H64Br4N2/c1-3-5-7-9-11-13-43-65(44-14-12-10-8-6-4-2)63-45-49(47-15-29-55(30-16-47)70(57-33-21-51(66)22-34-57)58-35-23-52(67)24-36-58)19-41-61(63)62-42-20-50(46-64(62)65)48-17-31-56(32-18-48)71(59-37-25-53(68)26-38-59)60-39-27-54(69)28-40-60/h15-42,45-46H,3-14,43-44H2,1-2H3. The third kappa shape index (κ3) is 12.1. The lowest BCUT2D eigenvalue weighted by Gasteiger charge is -2.33. The lowest BCUT2D eigenvalue weighted by atomic mass is 9.70. The van der Waals surface area contributed by atoms with E-state index in [-0.39, 0.29) is 5.41 Å². The Kier molecular flexibility index (Phi) is 17.5. The fourth-order valence-electron chi connectivity index (χ4n) is 10.8. The van der Waals surface area contributed by atoms with Crippen molar-refractivity contribution < 1.29 is 0 Å². The highest BCUT2D eigenvalue weighted by molar-refractivity contribution is 9.11. The molecule has 0 radical (unpaired) electrons. The summed E-state index contributed by atoms with van der Waals surface area (Å²) in [7, 11) is 0. The smallest absolute Gasteiger partial charge is 0.0462 e. The van der Waals surface area contributed by atoms with Gasteiger partial charge in [0.1, 0.15) is 0 Å². The molecule has 0 saturated carbocycles. The normalized spacial score (nSPS) is 12.4. The molecule has 1 aliphatic rings. The summed E-state index contributed by atoms with van der Waals surface area (Å²) in [6.45, 7) is 4.64. The Balaban J connectivity index is 1.09. The zero-order valence-electron chi connectivity index (χ0n) is 41.1. The molecule has 0 spiro atoms. The summed E-state index contributed by atoms with van der Waals surface area (Å²) >= 11 is 14.6. The van der Waals surface area contributed by atoms with Crippen LogP contribution in [0.3, 0.4) is 0 Å². The zero-order valence-corrected chi connectivity index (χ0v) is 47.5. The molecule has 0 heterocycles. The molecule has 8 aromatic carbocycles. The van der Waals surface area contributed by atoms with Crippen LogP contribution in [0.15, 0.2) is 200 Å². The van der Waals surface area contributed by atoms with E-state index < -0.39 is 0 Å². The molecule has 362 valence electrons. The van der Waals surface area contributed by atoms with E-state index >= 15 is 0 Å². The van der Waals surface area contributed by atoms with Crippen molar-refractivity contribution in [2.75, 3.05) is 9.80 Å². The monoisotopic (exact) mass is 1190 g/mol. The van der Waals surface area contributed by atoms with Crippen LogP contribution in [0, 0.1) is 0 Å². The van der Waals surface area contributed by atoms with Crippen LogP contribution in [-0.2, 0) is 5.41 Å². The van der Waals surface area contributed by atoms with E-state index in [0.717, 1.165) is 52.0 Å². The van der Waals surface area contributed by atoms with Gasteiger partial charge in [-0.2, -0.15) is 0 Å². The first kappa shape index (κ1) is 51.2. The van der Waals surface area contributed by atoms with Gasteiger partial charge < -0.3 is 9.80 Å². The van der Waals surface area contributed by atoms with Crippen molar-refractivity contribution in [2.24, 2.45) is 0 Å². The largest absolute Gasteiger partial charge is 0.311 e. The van der Waals surface area contributed by atoms with Gasteiger partial charge in [0.15, 0.2) is 0 Å². The number of unbranched alkanes of at least 4 members (excludes halogenated alkanes) is 10. The van der Waals surface area contributed by atoms with Gasteiger partial charge >= 0.3 is 0 Å². The molecule has 0 N–H and O–H groups in total. The molecule has 9 rings (SSSR count).